The Hall–Kier alpha value is -1.89. The fourth-order valence-corrected chi connectivity index (χ4v) is 2.25. The Morgan fingerprint density at radius 2 is 2.25 bits per heavy atom. The number of anilines is 1. The molecule has 1 aromatic heterocycles. The van der Waals surface area contributed by atoms with Crippen molar-refractivity contribution in [3.63, 3.8) is 0 Å². The molecule has 1 aliphatic heterocycles. The van der Waals surface area contributed by atoms with Crippen LogP contribution in [0.5, 0.6) is 5.88 Å². The van der Waals surface area contributed by atoms with Crippen LogP contribution in [-0.2, 0) is 9.53 Å². The average Bonchev–Trinajstić information content (AvgIpc) is 2.82. The molecule has 2 heterocycles. The summed E-state index contributed by atoms with van der Waals surface area (Å²) >= 11 is 0. The topological polar surface area (TPSA) is 84.8 Å². The number of rotatable bonds is 5. The van der Waals surface area contributed by atoms with Crippen LogP contribution in [0.2, 0.25) is 0 Å². The highest BCUT2D eigenvalue weighted by atomic mass is 16.5. The van der Waals surface area contributed by atoms with Crippen LogP contribution in [0.4, 0.5) is 5.82 Å². The van der Waals surface area contributed by atoms with E-state index in [-0.39, 0.29) is 12.2 Å². The van der Waals surface area contributed by atoms with Crippen molar-refractivity contribution in [3.05, 3.63) is 12.4 Å². The van der Waals surface area contributed by atoms with E-state index in [1.54, 1.807) is 18.1 Å². The number of carbonyl (C=O) groups is 1. The first kappa shape index (κ1) is 14.5. The van der Waals surface area contributed by atoms with Gasteiger partial charge in [-0.05, 0) is 13.8 Å². The molecule has 0 radical (unpaired) electrons. The molecule has 7 nitrogen and oxygen atoms in total. The molecule has 1 saturated heterocycles. The maximum Gasteiger partial charge on any atom is 0.326 e. The lowest BCUT2D eigenvalue weighted by molar-refractivity contribution is -0.138. The van der Waals surface area contributed by atoms with Crippen LogP contribution in [-0.4, -0.2) is 52.9 Å². The quantitative estimate of drug-likeness (QED) is 0.859. The second-order valence-electron chi connectivity index (χ2n) is 4.98. The van der Waals surface area contributed by atoms with Gasteiger partial charge < -0.3 is 19.5 Å². The second-order valence-corrected chi connectivity index (χ2v) is 4.98. The van der Waals surface area contributed by atoms with Gasteiger partial charge in [-0.25, -0.2) is 14.8 Å². The van der Waals surface area contributed by atoms with Crippen molar-refractivity contribution in [3.8, 4) is 5.88 Å². The predicted molar refractivity (Wildman–Crippen MR) is 72.0 cm³/mol. The Morgan fingerprint density at radius 1 is 1.50 bits per heavy atom. The number of carboxylic acids is 1. The Kier molecular flexibility index (Phi) is 4.39. The molecule has 1 N–H and O–H groups in total. The summed E-state index contributed by atoms with van der Waals surface area (Å²) in [6, 6.07) is 1.02. The van der Waals surface area contributed by atoms with E-state index >= 15 is 0 Å². The first-order valence-electron chi connectivity index (χ1n) is 6.52. The number of ether oxygens (including phenoxy) is 2. The summed E-state index contributed by atoms with van der Waals surface area (Å²) in [6.07, 6.45) is 1.71. The molecule has 2 atom stereocenters. The highest BCUT2D eigenvalue weighted by Crippen LogP contribution is 2.27. The van der Waals surface area contributed by atoms with E-state index < -0.39 is 12.0 Å². The van der Waals surface area contributed by atoms with Gasteiger partial charge in [0.2, 0.25) is 5.88 Å². The molecule has 0 aliphatic carbocycles. The van der Waals surface area contributed by atoms with Crippen molar-refractivity contribution in [1.82, 2.24) is 9.97 Å². The summed E-state index contributed by atoms with van der Waals surface area (Å²) in [6.45, 7) is 4.29. The molecular weight excluding hydrogens is 262 g/mol. The number of carboxylic acid groups (broad SMARTS) is 1. The Labute approximate surface area is 117 Å². The summed E-state index contributed by atoms with van der Waals surface area (Å²) < 4.78 is 10.8. The molecule has 1 fully saturated rings. The first-order valence-corrected chi connectivity index (χ1v) is 6.52. The van der Waals surface area contributed by atoms with Gasteiger partial charge in [0.15, 0.2) is 0 Å². The van der Waals surface area contributed by atoms with Gasteiger partial charge in [0.25, 0.3) is 0 Å². The molecule has 20 heavy (non-hydrogen) atoms. The molecule has 1 aromatic rings. The lowest BCUT2D eigenvalue weighted by Gasteiger charge is -2.22. The zero-order chi connectivity index (χ0) is 14.7. The van der Waals surface area contributed by atoms with Gasteiger partial charge in [0.1, 0.15) is 18.2 Å². The Morgan fingerprint density at radius 3 is 2.85 bits per heavy atom. The number of hydrogen-bond donors (Lipinski definition) is 1. The number of nitrogens with zero attached hydrogens (tertiary/aromatic N) is 3. The van der Waals surface area contributed by atoms with Crippen LogP contribution >= 0.6 is 0 Å². The smallest absolute Gasteiger partial charge is 0.326 e. The van der Waals surface area contributed by atoms with Crippen LogP contribution in [0, 0.1) is 0 Å². The Bertz CT molecular complexity index is 480. The molecule has 7 heteroatoms. The monoisotopic (exact) mass is 281 g/mol. The van der Waals surface area contributed by atoms with Crippen LogP contribution in [0.3, 0.4) is 0 Å². The highest BCUT2D eigenvalue weighted by molar-refractivity contribution is 5.78. The van der Waals surface area contributed by atoms with Gasteiger partial charge in [0.05, 0.1) is 12.2 Å². The van der Waals surface area contributed by atoms with E-state index in [9.17, 15) is 9.90 Å². The van der Waals surface area contributed by atoms with Crippen LogP contribution in [0.1, 0.15) is 20.3 Å². The molecule has 1 aliphatic rings. The minimum absolute atomic E-state index is 0.00155. The number of methoxy groups -OCH3 is 1. The van der Waals surface area contributed by atoms with Gasteiger partial charge in [0, 0.05) is 26.1 Å². The van der Waals surface area contributed by atoms with E-state index in [0.717, 1.165) is 0 Å². The van der Waals surface area contributed by atoms with E-state index in [4.69, 9.17) is 9.47 Å². The van der Waals surface area contributed by atoms with Gasteiger partial charge in [-0.3, -0.25) is 0 Å². The van der Waals surface area contributed by atoms with Crippen molar-refractivity contribution >= 4 is 11.8 Å². The summed E-state index contributed by atoms with van der Waals surface area (Å²) in [5.74, 6) is 0.104. The predicted octanol–water partition coefficient (Wildman–Crippen LogP) is 0.942. The van der Waals surface area contributed by atoms with E-state index in [1.807, 2.05) is 13.8 Å². The summed E-state index contributed by atoms with van der Waals surface area (Å²) in [5, 5.41) is 9.30. The molecule has 0 spiro atoms. The average molecular weight is 281 g/mol. The molecular formula is C13H19N3O4. The molecule has 0 aromatic carbocycles. The third-order valence-electron chi connectivity index (χ3n) is 3.16. The van der Waals surface area contributed by atoms with Crippen LogP contribution < -0.4 is 9.64 Å². The third kappa shape index (κ3) is 3.16. The van der Waals surface area contributed by atoms with Gasteiger partial charge in [-0.1, -0.05) is 0 Å². The summed E-state index contributed by atoms with van der Waals surface area (Å²) in [7, 11) is 1.58. The van der Waals surface area contributed by atoms with Crippen LogP contribution in [0.25, 0.3) is 0 Å². The van der Waals surface area contributed by atoms with Crippen molar-refractivity contribution in [2.24, 2.45) is 0 Å². The van der Waals surface area contributed by atoms with Crippen molar-refractivity contribution < 1.29 is 19.4 Å². The maximum absolute atomic E-state index is 11.3. The lowest BCUT2D eigenvalue weighted by Crippen LogP contribution is -2.36. The summed E-state index contributed by atoms with van der Waals surface area (Å²) in [4.78, 5) is 21.2. The fourth-order valence-electron chi connectivity index (χ4n) is 2.25. The standard InChI is InChI=1S/C13H19N3O4/c1-8(2)20-12-5-11(14-7-15-12)16-6-9(19-3)4-10(16)13(17)18/h5,7-10H,4,6H2,1-3H3,(H,17,18). The zero-order valence-electron chi connectivity index (χ0n) is 11.8. The van der Waals surface area contributed by atoms with E-state index in [2.05, 4.69) is 9.97 Å². The normalized spacial score (nSPS) is 22.3. The molecule has 0 bridgehead atoms. The zero-order valence-corrected chi connectivity index (χ0v) is 11.8. The first-order chi connectivity index (χ1) is 9.51. The van der Waals surface area contributed by atoms with Crippen molar-refractivity contribution in [1.29, 1.82) is 0 Å². The number of hydrogen-bond acceptors (Lipinski definition) is 6. The minimum atomic E-state index is -0.880. The van der Waals surface area contributed by atoms with Gasteiger partial charge >= 0.3 is 5.97 Å². The molecule has 0 saturated carbocycles. The van der Waals surface area contributed by atoms with E-state index in [1.165, 1.54) is 6.33 Å². The number of aromatic nitrogens is 2. The van der Waals surface area contributed by atoms with Gasteiger partial charge in [-0.15, -0.1) is 0 Å². The summed E-state index contributed by atoms with van der Waals surface area (Å²) in [5.41, 5.74) is 0. The third-order valence-corrected chi connectivity index (χ3v) is 3.16. The number of aliphatic carboxylic acids is 1. The largest absolute Gasteiger partial charge is 0.480 e. The second kappa shape index (κ2) is 6.04. The highest BCUT2D eigenvalue weighted by Gasteiger charge is 2.37. The minimum Gasteiger partial charge on any atom is -0.480 e. The van der Waals surface area contributed by atoms with Crippen molar-refractivity contribution in [2.45, 2.75) is 38.5 Å². The van der Waals surface area contributed by atoms with E-state index in [0.29, 0.717) is 24.7 Å². The molecule has 2 rings (SSSR count). The fraction of sp³-hybridized carbons (Fsp3) is 0.615. The SMILES string of the molecule is COC1CC(C(=O)O)N(c2cc(OC(C)C)ncn2)C1. The Balaban J connectivity index is 2.22. The molecule has 110 valence electrons. The van der Waals surface area contributed by atoms with Crippen LogP contribution in [0.15, 0.2) is 12.4 Å². The van der Waals surface area contributed by atoms with Gasteiger partial charge in [-0.2, -0.15) is 0 Å². The maximum atomic E-state index is 11.3. The van der Waals surface area contributed by atoms with Crippen molar-refractivity contribution in [2.75, 3.05) is 18.6 Å². The molecule has 2 unspecified atom stereocenters. The molecule has 0 amide bonds. The lowest BCUT2D eigenvalue weighted by atomic mass is 10.2.